The van der Waals surface area contributed by atoms with E-state index < -0.39 is 29.6 Å². The number of esters is 1. The fourth-order valence-corrected chi connectivity index (χ4v) is 2.29. The first-order chi connectivity index (χ1) is 11.9. The van der Waals surface area contributed by atoms with E-state index in [0.717, 1.165) is 23.0 Å². The Morgan fingerprint density at radius 1 is 1.12 bits per heavy atom. The molecule has 1 heterocycles. The molecule has 0 aliphatic rings. The number of para-hydroxylation sites is 1. The summed E-state index contributed by atoms with van der Waals surface area (Å²) in [7, 11) is 0. The van der Waals surface area contributed by atoms with Crippen LogP contribution in [0.4, 0.5) is 14.5 Å². The summed E-state index contributed by atoms with van der Waals surface area (Å²) in [5.41, 5.74) is 0.772. The van der Waals surface area contributed by atoms with Crippen LogP contribution in [0.25, 0.3) is 10.9 Å². The van der Waals surface area contributed by atoms with E-state index in [1.807, 2.05) is 18.2 Å². The number of carbonyl (C=O) groups is 2. The zero-order valence-corrected chi connectivity index (χ0v) is 13.2. The molecule has 1 amide bonds. The van der Waals surface area contributed by atoms with Crippen LogP contribution < -0.4 is 5.32 Å². The summed E-state index contributed by atoms with van der Waals surface area (Å²) >= 11 is 0. The number of nitrogens with one attached hydrogen (secondary N) is 2. The second kappa shape index (κ2) is 6.72. The normalized spacial score (nSPS) is 12.0. The lowest BCUT2D eigenvalue weighted by Gasteiger charge is -2.13. The Hall–Kier alpha value is -3.22. The molecular formula is C18H14F2N2O3. The molecule has 1 aromatic heterocycles. The summed E-state index contributed by atoms with van der Waals surface area (Å²) in [5, 5.41) is 3.09. The van der Waals surface area contributed by atoms with Gasteiger partial charge in [-0.1, -0.05) is 18.2 Å². The molecule has 2 aromatic carbocycles. The highest BCUT2D eigenvalue weighted by atomic mass is 19.1. The molecule has 0 fully saturated rings. The Morgan fingerprint density at radius 3 is 2.60 bits per heavy atom. The van der Waals surface area contributed by atoms with Gasteiger partial charge in [-0.05, 0) is 31.2 Å². The van der Waals surface area contributed by atoms with Crippen molar-refractivity contribution in [2.24, 2.45) is 0 Å². The van der Waals surface area contributed by atoms with Gasteiger partial charge in [0.2, 0.25) is 0 Å². The van der Waals surface area contributed by atoms with Crippen molar-refractivity contribution >= 4 is 28.5 Å². The molecule has 0 saturated carbocycles. The van der Waals surface area contributed by atoms with E-state index in [1.54, 1.807) is 12.1 Å². The Labute approximate surface area is 141 Å². The van der Waals surface area contributed by atoms with E-state index in [9.17, 15) is 18.4 Å². The Bertz CT molecular complexity index is 919. The number of ether oxygens (including phenoxy) is 1. The minimum absolute atomic E-state index is 0.195. The van der Waals surface area contributed by atoms with Crippen molar-refractivity contribution in [2.75, 3.05) is 5.32 Å². The minimum atomic E-state index is -1.16. The third-order valence-electron chi connectivity index (χ3n) is 3.59. The molecule has 0 aliphatic heterocycles. The minimum Gasteiger partial charge on any atom is -0.448 e. The van der Waals surface area contributed by atoms with Gasteiger partial charge in [0.1, 0.15) is 17.3 Å². The van der Waals surface area contributed by atoms with E-state index in [0.29, 0.717) is 6.07 Å². The largest absolute Gasteiger partial charge is 0.448 e. The van der Waals surface area contributed by atoms with Crippen LogP contribution in [0.5, 0.6) is 0 Å². The number of anilines is 1. The number of aromatic nitrogens is 1. The van der Waals surface area contributed by atoms with Gasteiger partial charge >= 0.3 is 5.97 Å². The number of rotatable bonds is 4. The molecule has 3 rings (SSSR count). The smallest absolute Gasteiger partial charge is 0.355 e. The topological polar surface area (TPSA) is 71.2 Å². The molecule has 0 saturated heterocycles. The van der Waals surface area contributed by atoms with Crippen molar-refractivity contribution < 1.29 is 23.1 Å². The lowest BCUT2D eigenvalue weighted by molar-refractivity contribution is -0.123. The van der Waals surface area contributed by atoms with Crippen molar-refractivity contribution in [1.82, 2.24) is 4.98 Å². The van der Waals surface area contributed by atoms with E-state index in [-0.39, 0.29) is 11.4 Å². The highest BCUT2D eigenvalue weighted by Gasteiger charge is 2.21. The first kappa shape index (κ1) is 16.6. The van der Waals surface area contributed by atoms with Crippen molar-refractivity contribution in [3.8, 4) is 0 Å². The van der Waals surface area contributed by atoms with Crippen LogP contribution in [0.1, 0.15) is 17.4 Å². The van der Waals surface area contributed by atoms with Crippen LogP contribution in [0.15, 0.2) is 48.5 Å². The highest BCUT2D eigenvalue weighted by Crippen LogP contribution is 2.17. The molecule has 0 spiro atoms. The van der Waals surface area contributed by atoms with Gasteiger partial charge in [0.05, 0.1) is 5.69 Å². The van der Waals surface area contributed by atoms with E-state index >= 15 is 0 Å². The third kappa shape index (κ3) is 3.65. The maximum Gasteiger partial charge on any atom is 0.355 e. The molecule has 0 unspecified atom stereocenters. The maximum atomic E-state index is 13.6. The average Bonchev–Trinajstić information content (AvgIpc) is 3.01. The summed E-state index contributed by atoms with van der Waals surface area (Å²) in [6.07, 6.45) is -1.16. The lowest BCUT2D eigenvalue weighted by atomic mass is 10.2. The van der Waals surface area contributed by atoms with Gasteiger partial charge < -0.3 is 15.0 Å². The summed E-state index contributed by atoms with van der Waals surface area (Å²) in [5.74, 6) is -3.11. The van der Waals surface area contributed by atoms with Crippen LogP contribution >= 0.6 is 0 Å². The number of fused-ring (bicyclic) bond motifs is 1. The second-order valence-electron chi connectivity index (χ2n) is 5.43. The van der Waals surface area contributed by atoms with Crippen molar-refractivity contribution in [3.05, 3.63) is 65.9 Å². The van der Waals surface area contributed by atoms with Crippen molar-refractivity contribution in [2.45, 2.75) is 13.0 Å². The van der Waals surface area contributed by atoms with Gasteiger partial charge in [-0.2, -0.15) is 0 Å². The van der Waals surface area contributed by atoms with E-state index in [4.69, 9.17) is 4.74 Å². The number of hydrogen-bond donors (Lipinski definition) is 2. The van der Waals surface area contributed by atoms with Gasteiger partial charge in [0, 0.05) is 17.0 Å². The first-order valence-electron chi connectivity index (χ1n) is 7.48. The molecule has 2 N–H and O–H groups in total. The number of hydrogen-bond acceptors (Lipinski definition) is 3. The molecule has 25 heavy (non-hydrogen) atoms. The van der Waals surface area contributed by atoms with Crippen LogP contribution in [0, 0.1) is 11.6 Å². The summed E-state index contributed by atoms with van der Waals surface area (Å²) in [4.78, 5) is 27.1. The third-order valence-corrected chi connectivity index (χ3v) is 3.59. The standard InChI is InChI=1S/C18H14F2N2O3/c1-10(17(23)22-15-7-6-12(19)9-13(15)20)25-18(24)16-8-11-4-2-3-5-14(11)21-16/h2-10,21H,1H3,(H,22,23)/t10-/m0/s1. The Kier molecular flexibility index (Phi) is 4.47. The SMILES string of the molecule is C[C@H](OC(=O)c1cc2ccccc2[nH]1)C(=O)Nc1ccc(F)cc1F. The van der Waals surface area contributed by atoms with Crippen molar-refractivity contribution in [1.29, 1.82) is 0 Å². The summed E-state index contributed by atoms with van der Waals surface area (Å²) in [6, 6.07) is 11.7. The predicted molar refractivity (Wildman–Crippen MR) is 88.2 cm³/mol. The van der Waals surface area contributed by atoms with Gasteiger partial charge in [0.15, 0.2) is 6.10 Å². The zero-order chi connectivity index (χ0) is 18.0. The van der Waals surface area contributed by atoms with Crippen LogP contribution in [-0.4, -0.2) is 23.0 Å². The molecular weight excluding hydrogens is 330 g/mol. The molecule has 7 heteroatoms. The predicted octanol–water partition coefficient (Wildman–Crippen LogP) is 3.63. The molecule has 0 radical (unpaired) electrons. The average molecular weight is 344 g/mol. The van der Waals surface area contributed by atoms with Gasteiger partial charge in [-0.15, -0.1) is 0 Å². The number of amides is 1. The summed E-state index contributed by atoms with van der Waals surface area (Å²) in [6.45, 7) is 1.36. The van der Waals surface area contributed by atoms with Gasteiger partial charge in [-0.25, -0.2) is 13.6 Å². The number of halogens is 2. The molecule has 0 bridgehead atoms. The molecule has 0 aliphatic carbocycles. The first-order valence-corrected chi connectivity index (χ1v) is 7.48. The Morgan fingerprint density at radius 2 is 1.88 bits per heavy atom. The van der Waals surface area contributed by atoms with Crippen LogP contribution in [-0.2, 0) is 9.53 Å². The fraction of sp³-hybridized carbons (Fsp3) is 0.111. The van der Waals surface area contributed by atoms with Crippen LogP contribution in [0.2, 0.25) is 0 Å². The van der Waals surface area contributed by atoms with Crippen molar-refractivity contribution in [3.63, 3.8) is 0 Å². The van der Waals surface area contributed by atoms with Gasteiger partial charge in [-0.3, -0.25) is 4.79 Å². The molecule has 5 nitrogen and oxygen atoms in total. The fourth-order valence-electron chi connectivity index (χ4n) is 2.29. The summed E-state index contributed by atoms with van der Waals surface area (Å²) < 4.78 is 31.5. The Balaban J connectivity index is 1.67. The molecule has 3 aromatic rings. The zero-order valence-electron chi connectivity index (χ0n) is 13.2. The van der Waals surface area contributed by atoms with E-state index in [1.165, 1.54) is 6.92 Å². The number of H-pyrrole nitrogens is 1. The number of aromatic amines is 1. The number of carbonyl (C=O) groups excluding carboxylic acids is 2. The highest BCUT2D eigenvalue weighted by molar-refractivity contribution is 5.98. The van der Waals surface area contributed by atoms with Gasteiger partial charge in [0.25, 0.3) is 5.91 Å². The van der Waals surface area contributed by atoms with E-state index in [2.05, 4.69) is 10.3 Å². The quantitative estimate of drug-likeness (QED) is 0.710. The maximum absolute atomic E-state index is 13.6. The second-order valence-corrected chi connectivity index (χ2v) is 5.43. The van der Waals surface area contributed by atoms with Crippen LogP contribution in [0.3, 0.4) is 0 Å². The molecule has 1 atom stereocenters. The number of benzene rings is 2. The monoisotopic (exact) mass is 344 g/mol. The molecule has 128 valence electrons. The lowest BCUT2D eigenvalue weighted by Crippen LogP contribution is -2.30.